The zero-order chi connectivity index (χ0) is 35.7. The maximum absolute atomic E-state index is 6.59. The van der Waals surface area contributed by atoms with Crippen LogP contribution in [0.3, 0.4) is 0 Å². The van der Waals surface area contributed by atoms with Gasteiger partial charge >= 0.3 is 0 Å². The highest BCUT2D eigenvalue weighted by Crippen LogP contribution is 2.40. The van der Waals surface area contributed by atoms with Crippen LogP contribution in [0.2, 0.25) is 0 Å². The molecule has 1 aliphatic rings. The predicted molar refractivity (Wildman–Crippen MR) is 222 cm³/mol. The summed E-state index contributed by atoms with van der Waals surface area (Å²) in [5.41, 5.74) is 8.35. The van der Waals surface area contributed by atoms with Gasteiger partial charge in [0.15, 0.2) is 17.5 Å². The van der Waals surface area contributed by atoms with Crippen molar-refractivity contribution < 1.29 is 4.42 Å². The molecule has 6 aromatic carbocycles. The quantitative estimate of drug-likeness (QED) is 0.149. The average molecular weight is 686 g/mol. The maximum Gasteiger partial charge on any atom is 0.164 e. The van der Waals surface area contributed by atoms with Crippen LogP contribution in [0.5, 0.6) is 0 Å². The van der Waals surface area contributed by atoms with Crippen LogP contribution < -0.4 is 0 Å². The molecule has 1 unspecified atom stereocenters. The monoisotopic (exact) mass is 685 g/mol. The van der Waals surface area contributed by atoms with E-state index in [0.29, 0.717) is 17.6 Å². The second kappa shape index (κ2) is 14.0. The molecule has 0 N–H and O–H groups in total. The highest BCUT2D eigenvalue weighted by atomic mass is 16.3. The van der Waals surface area contributed by atoms with E-state index >= 15 is 0 Å². The molecule has 4 heteroatoms. The number of benzene rings is 6. The summed E-state index contributed by atoms with van der Waals surface area (Å²) in [6, 6.07) is 40.7. The minimum atomic E-state index is 0.367. The first-order chi connectivity index (χ1) is 26.2. The highest BCUT2D eigenvalue weighted by molar-refractivity contribution is 6.13. The number of allylic oxidation sites excluding steroid dienone is 7. The molecule has 0 aliphatic heterocycles. The summed E-state index contributed by atoms with van der Waals surface area (Å²) in [5.74, 6) is 2.45. The molecule has 53 heavy (non-hydrogen) atoms. The fourth-order valence-corrected chi connectivity index (χ4v) is 7.90. The van der Waals surface area contributed by atoms with E-state index in [9.17, 15) is 0 Å². The lowest BCUT2D eigenvalue weighted by molar-refractivity contribution is 0.597. The highest BCUT2D eigenvalue weighted by Gasteiger charge is 2.23. The molecule has 4 nitrogen and oxygen atoms in total. The zero-order valence-electron chi connectivity index (χ0n) is 29.8. The van der Waals surface area contributed by atoms with Gasteiger partial charge in [-0.05, 0) is 93.6 Å². The van der Waals surface area contributed by atoms with Gasteiger partial charge in [0.05, 0.1) is 0 Å². The van der Waals surface area contributed by atoms with Gasteiger partial charge in [-0.1, -0.05) is 147 Å². The number of hydrogen-bond acceptors (Lipinski definition) is 4. The molecule has 0 saturated heterocycles. The molecule has 2 heterocycles. The Labute approximate surface area is 309 Å². The van der Waals surface area contributed by atoms with Gasteiger partial charge in [0.1, 0.15) is 11.2 Å². The van der Waals surface area contributed by atoms with Gasteiger partial charge in [0.2, 0.25) is 0 Å². The molecule has 0 spiro atoms. The molecule has 0 radical (unpaired) electrons. The standard InChI is InChI=1S/C49H39N3O/c1-3-4-5-6-7-17-34-27-29-41(40-23-13-12-22-38(34)40)48-50-47(36-20-10-8-16-32(36)2)51-49(52-48)43-25-15-26-44-46(43)42-30-28-35(31-45(42)53-44)39-24-14-19-33-18-9-11-21-37(33)39/h3-7,9,11-15,18-32H,1,8,10,16-17H2,2H3/b5-4-,7-6-. The van der Waals surface area contributed by atoms with E-state index in [4.69, 9.17) is 19.4 Å². The van der Waals surface area contributed by atoms with Crippen molar-refractivity contribution in [3.8, 4) is 33.9 Å². The third kappa shape index (κ3) is 6.06. The third-order valence-corrected chi connectivity index (χ3v) is 10.6. The molecule has 0 saturated carbocycles. The van der Waals surface area contributed by atoms with E-state index in [2.05, 4.69) is 135 Å². The predicted octanol–water partition coefficient (Wildman–Crippen LogP) is 13.1. The van der Waals surface area contributed by atoms with E-state index in [0.717, 1.165) is 69.1 Å². The Kier molecular flexibility index (Phi) is 8.57. The van der Waals surface area contributed by atoms with Gasteiger partial charge < -0.3 is 4.42 Å². The minimum Gasteiger partial charge on any atom is -0.456 e. The third-order valence-electron chi connectivity index (χ3n) is 10.6. The van der Waals surface area contributed by atoms with Crippen LogP contribution in [0.1, 0.15) is 37.6 Å². The lowest BCUT2D eigenvalue weighted by Gasteiger charge is -2.20. The van der Waals surface area contributed by atoms with Crippen molar-refractivity contribution in [1.82, 2.24) is 15.0 Å². The van der Waals surface area contributed by atoms with Crippen LogP contribution >= 0.6 is 0 Å². The first kappa shape index (κ1) is 32.5. The summed E-state index contributed by atoms with van der Waals surface area (Å²) in [6.07, 6.45) is 16.5. The number of rotatable bonds is 8. The van der Waals surface area contributed by atoms with Gasteiger partial charge in [-0.3, -0.25) is 0 Å². The summed E-state index contributed by atoms with van der Waals surface area (Å²) in [4.78, 5) is 15.8. The Morgan fingerprint density at radius 1 is 0.660 bits per heavy atom. The van der Waals surface area contributed by atoms with E-state index in [-0.39, 0.29) is 0 Å². The Morgan fingerprint density at radius 2 is 1.42 bits per heavy atom. The first-order valence-electron chi connectivity index (χ1n) is 18.5. The van der Waals surface area contributed by atoms with Crippen LogP contribution in [0.15, 0.2) is 163 Å². The molecular weight excluding hydrogens is 647 g/mol. The van der Waals surface area contributed by atoms with Crippen molar-refractivity contribution >= 4 is 49.1 Å². The summed E-state index contributed by atoms with van der Waals surface area (Å²) >= 11 is 0. The summed E-state index contributed by atoms with van der Waals surface area (Å²) in [7, 11) is 0. The lowest BCUT2D eigenvalue weighted by Crippen LogP contribution is -2.10. The normalized spacial score (nSPS) is 15.0. The molecule has 0 amide bonds. The van der Waals surface area contributed by atoms with Crippen molar-refractivity contribution in [3.63, 3.8) is 0 Å². The van der Waals surface area contributed by atoms with Gasteiger partial charge in [0, 0.05) is 21.9 Å². The SMILES string of the molecule is C=C/C=C\C=C/Cc1ccc(-c2nc(C3=CCCCC3C)nc(-c3cccc4oc5cc(-c6cccc7ccccc67)ccc5c34)n2)c2ccccc12. The molecule has 0 fully saturated rings. The number of aromatic nitrogens is 3. The molecule has 1 aliphatic carbocycles. The fraction of sp³-hybridized carbons (Fsp3) is 0.122. The Morgan fingerprint density at radius 3 is 2.28 bits per heavy atom. The van der Waals surface area contributed by atoms with Gasteiger partial charge in [-0.15, -0.1) is 0 Å². The van der Waals surface area contributed by atoms with Crippen molar-refractivity contribution in [2.75, 3.05) is 0 Å². The van der Waals surface area contributed by atoms with E-state index < -0.39 is 0 Å². The van der Waals surface area contributed by atoms with Crippen molar-refractivity contribution in [2.45, 2.75) is 32.6 Å². The van der Waals surface area contributed by atoms with Gasteiger partial charge in [0.25, 0.3) is 0 Å². The van der Waals surface area contributed by atoms with Crippen molar-refractivity contribution in [2.24, 2.45) is 5.92 Å². The Hall–Kier alpha value is -6.39. The van der Waals surface area contributed by atoms with Gasteiger partial charge in [-0.25, -0.2) is 15.0 Å². The van der Waals surface area contributed by atoms with E-state index in [1.807, 2.05) is 24.3 Å². The lowest BCUT2D eigenvalue weighted by atomic mass is 9.88. The Bertz CT molecular complexity index is 2780. The van der Waals surface area contributed by atoms with Crippen molar-refractivity contribution in [1.29, 1.82) is 0 Å². The van der Waals surface area contributed by atoms with E-state index in [1.165, 1.54) is 39.3 Å². The summed E-state index contributed by atoms with van der Waals surface area (Å²) in [5, 5.41) is 6.82. The number of nitrogens with zero attached hydrogens (tertiary/aromatic N) is 3. The average Bonchev–Trinajstić information content (AvgIpc) is 3.59. The fourth-order valence-electron chi connectivity index (χ4n) is 7.90. The van der Waals surface area contributed by atoms with Crippen LogP contribution in [0.4, 0.5) is 0 Å². The van der Waals surface area contributed by atoms with Crippen LogP contribution in [-0.2, 0) is 6.42 Å². The van der Waals surface area contributed by atoms with Crippen LogP contribution in [-0.4, -0.2) is 15.0 Å². The number of furan rings is 1. The van der Waals surface area contributed by atoms with Crippen LogP contribution in [0, 0.1) is 5.92 Å². The molecule has 8 aromatic rings. The van der Waals surface area contributed by atoms with Crippen LogP contribution in [0.25, 0.3) is 83.0 Å². The maximum atomic E-state index is 6.59. The number of hydrogen-bond donors (Lipinski definition) is 0. The smallest absolute Gasteiger partial charge is 0.164 e. The number of fused-ring (bicyclic) bond motifs is 5. The molecule has 0 bridgehead atoms. The molecule has 9 rings (SSSR count). The second-order valence-electron chi connectivity index (χ2n) is 13.9. The summed E-state index contributed by atoms with van der Waals surface area (Å²) < 4.78 is 6.59. The largest absolute Gasteiger partial charge is 0.456 e. The zero-order valence-corrected chi connectivity index (χ0v) is 29.8. The van der Waals surface area contributed by atoms with Gasteiger partial charge in [-0.2, -0.15) is 0 Å². The molecule has 1 atom stereocenters. The van der Waals surface area contributed by atoms with Crippen molar-refractivity contribution in [3.05, 3.63) is 170 Å². The second-order valence-corrected chi connectivity index (χ2v) is 13.9. The molecule has 2 aromatic heterocycles. The van der Waals surface area contributed by atoms with E-state index in [1.54, 1.807) is 6.08 Å². The molecular formula is C49H39N3O. The first-order valence-corrected chi connectivity index (χ1v) is 18.5. The minimum absolute atomic E-state index is 0.367. The topological polar surface area (TPSA) is 51.8 Å². The Balaban J connectivity index is 1.21. The summed E-state index contributed by atoms with van der Waals surface area (Å²) in [6.45, 7) is 6.05. The molecule has 256 valence electrons.